The summed E-state index contributed by atoms with van der Waals surface area (Å²) < 4.78 is 67.9. The van der Waals surface area contributed by atoms with Crippen LogP contribution in [0, 0.1) is 17.5 Å². The van der Waals surface area contributed by atoms with Crippen molar-refractivity contribution in [1.82, 2.24) is 19.8 Å². The second-order valence-corrected chi connectivity index (χ2v) is 7.11. The third-order valence-electron chi connectivity index (χ3n) is 3.68. The second kappa shape index (κ2) is 6.54. The molecule has 0 atom stereocenters. The van der Waals surface area contributed by atoms with Crippen LogP contribution in [0.15, 0.2) is 23.1 Å². The molecule has 1 aromatic heterocycles. The van der Waals surface area contributed by atoms with Gasteiger partial charge in [0.25, 0.3) is 0 Å². The van der Waals surface area contributed by atoms with Crippen LogP contribution in [0.5, 0.6) is 0 Å². The van der Waals surface area contributed by atoms with Gasteiger partial charge in [-0.25, -0.2) is 26.3 Å². The number of aromatic nitrogens is 2. The van der Waals surface area contributed by atoms with Gasteiger partial charge in [0.1, 0.15) is 4.90 Å². The first kappa shape index (κ1) is 16.9. The molecule has 2 N–H and O–H groups in total. The number of aryl methyl sites for hydroxylation is 1. The molecule has 2 heterocycles. The number of benzene rings is 1. The molecule has 0 radical (unpaired) electrons. The van der Waals surface area contributed by atoms with Gasteiger partial charge >= 0.3 is 0 Å². The predicted molar refractivity (Wildman–Crippen MR) is 78.9 cm³/mol. The monoisotopic (exact) mass is 360 g/mol. The average molecular weight is 360 g/mol. The zero-order chi connectivity index (χ0) is 17.3. The lowest BCUT2D eigenvalue weighted by atomic mass is 10.3. The van der Waals surface area contributed by atoms with Gasteiger partial charge in [0.2, 0.25) is 10.0 Å². The maximum Gasteiger partial charge on any atom is 0.243 e. The molecule has 0 bridgehead atoms. The Morgan fingerprint density at radius 1 is 1.25 bits per heavy atom. The van der Waals surface area contributed by atoms with Crippen LogP contribution in [0.4, 0.5) is 13.2 Å². The van der Waals surface area contributed by atoms with E-state index < -0.39 is 32.4 Å². The van der Waals surface area contributed by atoms with Gasteiger partial charge in [0.05, 0.1) is 17.9 Å². The molecule has 10 heteroatoms. The summed E-state index contributed by atoms with van der Waals surface area (Å²) in [5.41, 5.74) is 1.38. The molecule has 0 amide bonds. The molecule has 3 rings (SSSR count). The van der Waals surface area contributed by atoms with Gasteiger partial charge in [-0.3, -0.25) is 4.68 Å². The summed E-state index contributed by atoms with van der Waals surface area (Å²) >= 11 is 0. The molecule has 0 saturated carbocycles. The van der Waals surface area contributed by atoms with E-state index in [-0.39, 0.29) is 6.54 Å². The van der Waals surface area contributed by atoms with Crippen molar-refractivity contribution in [3.8, 4) is 0 Å². The molecule has 0 saturated heterocycles. The number of sulfonamides is 1. The van der Waals surface area contributed by atoms with Crippen LogP contribution in [0.2, 0.25) is 0 Å². The third-order valence-corrected chi connectivity index (χ3v) is 5.09. The van der Waals surface area contributed by atoms with E-state index in [9.17, 15) is 21.6 Å². The summed E-state index contributed by atoms with van der Waals surface area (Å²) in [6.45, 7) is 2.03. The van der Waals surface area contributed by atoms with E-state index in [1.54, 1.807) is 10.7 Å². The van der Waals surface area contributed by atoms with Crippen molar-refractivity contribution in [3.05, 3.63) is 47.0 Å². The SMILES string of the molecule is O=S(=O)(NCc1cc2n(n1)CCCNC2)c1ccc(F)c(F)c1F. The Morgan fingerprint density at radius 3 is 2.83 bits per heavy atom. The van der Waals surface area contributed by atoms with E-state index in [2.05, 4.69) is 15.1 Å². The van der Waals surface area contributed by atoms with Gasteiger partial charge in [0, 0.05) is 13.1 Å². The van der Waals surface area contributed by atoms with E-state index in [0.29, 0.717) is 30.9 Å². The number of nitrogens with zero attached hydrogens (tertiary/aromatic N) is 2. The number of hydrogen-bond acceptors (Lipinski definition) is 4. The standard InChI is InChI=1S/C14H15F3N4O2S/c15-11-2-3-12(14(17)13(11)16)24(22,23)19-7-9-6-10-8-18-4-1-5-21(10)20-9/h2-3,6,18-19H,1,4-5,7-8H2. The molecule has 130 valence electrons. The topological polar surface area (TPSA) is 76.0 Å². The van der Waals surface area contributed by atoms with E-state index in [0.717, 1.165) is 18.7 Å². The zero-order valence-electron chi connectivity index (χ0n) is 12.5. The zero-order valence-corrected chi connectivity index (χ0v) is 13.3. The van der Waals surface area contributed by atoms with Gasteiger partial charge < -0.3 is 5.32 Å². The van der Waals surface area contributed by atoms with E-state index in [1.807, 2.05) is 0 Å². The molecule has 1 aromatic carbocycles. The third kappa shape index (κ3) is 3.30. The highest BCUT2D eigenvalue weighted by Gasteiger charge is 2.24. The van der Waals surface area contributed by atoms with Gasteiger partial charge in [-0.15, -0.1) is 0 Å². The van der Waals surface area contributed by atoms with Crippen molar-refractivity contribution in [2.75, 3.05) is 6.54 Å². The highest BCUT2D eigenvalue weighted by molar-refractivity contribution is 7.89. The van der Waals surface area contributed by atoms with Gasteiger partial charge in [-0.1, -0.05) is 0 Å². The minimum absolute atomic E-state index is 0.180. The van der Waals surface area contributed by atoms with Crippen LogP contribution in [0.1, 0.15) is 17.8 Å². The van der Waals surface area contributed by atoms with Crippen molar-refractivity contribution in [2.24, 2.45) is 0 Å². The summed E-state index contributed by atoms with van der Waals surface area (Å²) in [7, 11) is -4.33. The Bertz CT molecular complexity index is 844. The minimum atomic E-state index is -4.33. The van der Waals surface area contributed by atoms with E-state index in [4.69, 9.17) is 0 Å². The first-order valence-electron chi connectivity index (χ1n) is 7.28. The molecule has 6 nitrogen and oxygen atoms in total. The van der Waals surface area contributed by atoms with E-state index >= 15 is 0 Å². The van der Waals surface area contributed by atoms with Crippen LogP contribution >= 0.6 is 0 Å². The van der Waals surface area contributed by atoms with Gasteiger partial charge in [0.15, 0.2) is 17.5 Å². The normalized spacial score (nSPS) is 15.1. The van der Waals surface area contributed by atoms with E-state index in [1.165, 1.54) is 0 Å². The predicted octanol–water partition coefficient (Wildman–Crippen LogP) is 1.27. The molecule has 0 unspecified atom stereocenters. The Hall–Kier alpha value is -1.91. The molecule has 24 heavy (non-hydrogen) atoms. The molecular weight excluding hydrogens is 345 g/mol. The Labute approximate surface area is 136 Å². The van der Waals surface area contributed by atoms with Gasteiger partial charge in [-0.2, -0.15) is 5.10 Å². The maximum absolute atomic E-state index is 13.7. The highest BCUT2D eigenvalue weighted by Crippen LogP contribution is 2.20. The molecule has 0 fully saturated rings. The highest BCUT2D eigenvalue weighted by atomic mass is 32.2. The maximum atomic E-state index is 13.7. The fourth-order valence-electron chi connectivity index (χ4n) is 2.47. The quantitative estimate of drug-likeness (QED) is 0.806. The van der Waals surface area contributed by atoms with Crippen molar-refractivity contribution in [2.45, 2.75) is 31.0 Å². The summed E-state index contributed by atoms with van der Waals surface area (Å²) in [4.78, 5) is -0.941. The molecule has 2 aromatic rings. The lowest BCUT2D eigenvalue weighted by Gasteiger charge is -2.07. The van der Waals surface area contributed by atoms with Crippen LogP contribution in [0.3, 0.4) is 0 Å². The fourth-order valence-corrected chi connectivity index (χ4v) is 3.54. The summed E-state index contributed by atoms with van der Waals surface area (Å²) in [6, 6.07) is 2.99. The lowest BCUT2D eigenvalue weighted by Crippen LogP contribution is -2.25. The summed E-state index contributed by atoms with van der Waals surface area (Å²) in [5, 5.41) is 7.49. The number of hydrogen-bond donors (Lipinski definition) is 2. The number of fused-ring (bicyclic) bond motifs is 1. The van der Waals surface area contributed by atoms with Crippen LogP contribution in [0.25, 0.3) is 0 Å². The minimum Gasteiger partial charge on any atom is -0.311 e. The van der Waals surface area contributed by atoms with Crippen molar-refractivity contribution < 1.29 is 21.6 Å². The Kier molecular flexibility index (Phi) is 4.61. The molecule has 1 aliphatic heterocycles. The molecule has 0 spiro atoms. The molecule has 1 aliphatic rings. The number of halogens is 3. The first-order valence-corrected chi connectivity index (χ1v) is 8.76. The largest absolute Gasteiger partial charge is 0.311 e. The van der Waals surface area contributed by atoms with Crippen molar-refractivity contribution in [1.29, 1.82) is 0 Å². The van der Waals surface area contributed by atoms with Crippen LogP contribution < -0.4 is 10.0 Å². The summed E-state index contributed by atoms with van der Waals surface area (Å²) in [6.07, 6.45) is 0.903. The Morgan fingerprint density at radius 2 is 2.04 bits per heavy atom. The average Bonchev–Trinajstić information content (AvgIpc) is 2.80. The van der Waals surface area contributed by atoms with Crippen LogP contribution in [-0.4, -0.2) is 24.7 Å². The number of nitrogens with one attached hydrogen (secondary N) is 2. The van der Waals surface area contributed by atoms with Crippen LogP contribution in [-0.2, 0) is 29.7 Å². The van der Waals surface area contributed by atoms with Crippen molar-refractivity contribution in [3.63, 3.8) is 0 Å². The fraction of sp³-hybridized carbons (Fsp3) is 0.357. The van der Waals surface area contributed by atoms with Gasteiger partial charge in [-0.05, 0) is 31.2 Å². The molecule has 0 aliphatic carbocycles. The number of rotatable bonds is 4. The smallest absolute Gasteiger partial charge is 0.243 e. The Balaban J connectivity index is 1.78. The molecular formula is C14H15F3N4O2S. The summed E-state index contributed by atoms with van der Waals surface area (Å²) in [5.74, 6) is -5.01. The lowest BCUT2D eigenvalue weighted by molar-refractivity contribution is 0.431. The first-order chi connectivity index (χ1) is 11.4. The van der Waals surface area contributed by atoms with Crippen molar-refractivity contribution >= 4 is 10.0 Å². The second-order valence-electron chi connectivity index (χ2n) is 5.38.